The van der Waals surface area contributed by atoms with Gasteiger partial charge in [-0.2, -0.15) is 57.1 Å². The van der Waals surface area contributed by atoms with Gasteiger partial charge in [-0.05, 0) is 6.42 Å². The number of alkyl halides is 14. The third kappa shape index (κ3) is 5.29. The number of hydrogen-bond donors (Lipinski definition) is 0. The van der Waals surface area contributed by atoms with Gasteiger partial charge in [-0.3, -0.25) is 0 Å². The molecule has 0 saturated heterocycles. The van der Waals surface area contributed by atoms with Crippen molar-refractivity contribution < 1.29 is 61.6 Å². The van der Waals surface area contributed by atoms with Gasteiger partial charge in [0.15, 0.2) is 0 Å². The minimum Gasteiger partial charge on any atom is -0.313 e. The van der Waals surface area contributed by atoms with Gasteiger partial charge < -0.3 is 4.57 Å². The molecule has 1 nitrogen and oxygen atoms in total. The van der Waals surface area contributed by atoms with E-state index in [1.807, 2.05) is 0 Å². The van der Waals surface area contributed by atoms with E-state index in [0.29, 0.717) is 0 Å². The molecule has 0 aliphatic carbocycles. The van der Waals surface area contributed by atoms with Gasteiger partial charge in [-0.25, -0.2) is 0 Å². The van der Waals surface area contributed by atoms with Crippen LogP contribution in [0.2, 0.25) is 0 Å². The van der Waals surface area contributed by atoms with E-state index in [1.165, 1.54) is 36.4 Å². The van der Waals surface area contributed by atoms with Crippen LogP contribution < -0.4 is 10.6 Å². The van der Waals surface area contributed by atoms with E-state index in [9.17, 15) is 61.6 Å². The van der Waals surface area contributed by atoms with Gasteiger partial charge in [0.2, 0.25) is 0 Å². The topological polar surface area (TPSA) is 17.1 Å². The van der Waals surface area contributed by atoms with Crippen molar-refractivity contribution in [1.82, 2.24) is 0 Å². The van der Waals surface area contributed by atoms with Crippen molar-refractivity contribution in [2.75, 3.05) is 4.43 Å². The first-order valence-electron chi connectivity index (χ1n) is 10.4. The first-order valence-corrected chi connectivity index (χ1v) is 13.7. The third-order valence-corrected chi connectivity index (χ3v) is 9.95. The quantitative estimate of drug-likeness (QED) is 0.0997. The van der Waals surface area contributed by atoms with Crippen LogP contribution in [0.5, 0.6) is 0 Å². The predicted octanol–water partition coefficient (Wildman–Crippen LogP) is 8.32. The lowest BCUT2D eigenvalue weighted by Crippen LogP contribution is -2.70. The Labute approximate surface area is 221 Å². The summed E-state index contributed by atoms with van der Waals surface area (Å²) < 4.78 is 191. The minimum absolute atomic E-state index is 0.188. The average molecular weight is 702 g/mol. The molecule has 0 amide bonds. The van der Waals surface area contributed by atoms with Crippen molar-refractivity contribution in [2.24, 2.45) is 0 Å². The molecule has 2 aromatic carbocycles. The van der Waals surface area contributed by atoms with E-state index < -0.39 is 61.4 Å². The summed E-state index contributed by atoms with van der Waals surface area (Å²) in [6, 6.07) is 12.7. The minimum atomic E-state index is -7.98. The second-order valence-electron chi connectivity index (χ2n) is 8.16. The van der Waals surface area contributed by atoms with Crippen LogP contribution in [0.3, 0.4) is 0 Å². The zero-order valence-electron chi connectivity index (χ0n) is 18.6. The fourth-order valence-electron chi connectivity index (χ4n) is 3.63. The molecule has 2 aromatic rings. The second-order valence-corrected chi connectivity index (χ2v) is 12.3. The van der Waals surface area contributed by atoms with E-state index in [2.05, 4.69) is 0 Å². The Hall–Kier alpha value is -1.51. The number of hydrogen-bond acceptors (Lipinski definition) is 1. The molecule has 16 heteroatoms. The van der Waals surface area contributed by atoms with Gasteiger partial charge in [0, 0.05) is 27.1 Å². The predicted molar refractivity (Wildman–Crippen MR) is 122 cm³/mol. The molecule has 0 fully saturated rings. The van der Waals surface area contributed by atoms with Gasteiger partial charge in [-0.1, -0.05) is 83.3 Å². The smallest absolute Gasteiger partial charge is 0.313 e. The number of rotatable bonds is 11. The molecule has 214 valence electrons. The SMILES string of the molecule is O=P(c1ccccc1)(c1ccccc1)C(CCI)CC(F)(F)C(F)(F)C(F)(F)C(F)(F)C(F)(F)C(F)(F)F. The Bertz CT molecular complexity index is 1080. The highest BCUT2D eigenvalue weighted by Crippen LogP contribution is 2.62. The Morgan fingerprint density at radius 3 is 1.32 bits per heavy atom. The summed E-state index contributed by atoms with van der Waals surface area (Å²) in [6.45, 7) is 0. The summed E-state index contributed by atoms with van der Waals surface area (Å²) in [5, 5.41) is -0.387. The van der Waals surface area contributed by atoms with Gasteiger partial charge in [0.1, 0.15) is 7.14 Å². The first-order chi connectivity index (χ1) is 17.1. The van der Waals surface area contributed by atoms with Crippen LogP contribution in [-0.2, 0) is 4.57 Å². The summed E-state index contributed by atoms with van der Waals surface area (Å²) in [6.07, 6.45) is -10.6. The van der Waals surface area contributed by atoms with Crippen LogP contribution in [0.25, 0.3) is 0 Å². The molecule has 0 bridgehead atoms. The van der Waals surface area contributed by atoms with Crippen molar-refractivity contribution in [3.05, 3.63) is 60.7 Å². The molecule has 2 rings (SSSR count). The molecule has 0 aliphatic rings. The lowest BCUT2D eigenvalue weighted by molar-refractivity contribution is -0.440. The molecule has 0 radical (unpaired) electrons. The summed E-state index contributed by atoms with van der Waals surface area (Å²) >= 11 is 1.56. The Kier molecular flexibility index (Phi) is 9.30. The third-order valence-electron chi connectivity index (χ3n) is 5.73. The number of benzene rings is 2. The van der Waals surface area contributed by atoms with Gasteiger partial charge in [-0.15, -0.1) is 0 Å². The van der Waals surface area contributed by atoms with E-state index in [-0.39, 0.29) is 15.0 Å². The maximum atomic E-state index is 14.8. The normalized spacial score (nSPS) is 15.4. The molecule has 0 spiro atoms. The van der Waals surface area contributed by atoms with Crippen LogP contribution in [0.1, 0.15) is 12.8 Å². The van der Waals surface area contributed by atoms with Crippen LogP contribution in [-0.4, -0.2) is 45.9 Å². The monoisotopic (exact) mass is 702 g/mol. The second kappa shape index (κ2) is 10.8. The highest BCUT2D eigenvalue weighted by Gasteiger charge is 2.90. The molecular formula is C22H17F13IOP. The molecule has 0 heterocycles. The van der Waals surface area contributed by atoms with E-state index in [1.54, 1.807) is 22.6 Å². The van der Waals surface area contributed by atoms with Crippen molar-refractivity contribution in [2.45, 2.75) is 54.3 Å². The average Bonchev–Trinajstić information content (AvgIpc) is 2.83. The van der Waals surface area contributed by atoms with Crippen LogP contribution in [0.15, 0.2) is 60.7 Å². The van der Waals surface area contributed by atoms with E-state index in [4.69, 9.17) is 0 Å². The Morgan fingerprint density at radius 2 is 0.974 bits per heavy atom. The fraction of sp³-hybridized carbons (Fsp3) is 0.455. The largest absolute Gasteiger partial charge is 0.460 e. The molecule has 1 atom stereocenters. The van der Waals surface area contributed by atoms with E-state index >= 15 is 0 Å². The van der Waals surface area contributed by atoms with Gasteiger partial charge in [0.05, 0.1) is 0 Å². The van der Waals surface area contributed by atoms with Gasteiger partial charge >= 0.3 is 35.8 Å². The standard InChI is InChI=1S/C22H17F13IOP/c23-17(24,18(25,26)19(27,28)20(29,30)21(31,32)22(33,34)35)13-16(11-12-36)38(37,14-7-3-1-4-8-14)15-9-5-2-6-10-15/h1-10,16H,11-13H2. The molecule has 0 saturated carbocycles. The molecule has 38 heavy (non-hydrogen) atoms. The van der Waals surface area contributed by atoms with Crippen molar-refractivity contribution in [3.63, 3.8) is 0 Å². The molecule has 0 aromatic heterocycles. The van der Waals surface area contributed by atoms with Crippen molar-refractivity contribution >= 4 is 40.3 Å². The first kappa shape index (κ1) is 32.7. The number of halogens is 14. The van der Waals surface area contributed by atoms with Crippen molar-refractivity contribution in [1.29, 1.82) is 0 Å². The van der Waals surface area contributed by atoms with Crippen molar-refractivity contribution in [3.8, 4) is 0 Å². The summed E-state index contributed by atoms with van der Waals surface area (Å²) in [5.41, 5.74) is -2.14. The summed E-state index contributed by atoms with van der Waals surface area (Å²) in [7, 11) is -4.45. The highest BCUT2D eigenvalue weighted by atomic mass is 127. The van der Waals surface area contributed by atoms with Crippen LogP contribution >= 0.6 is 29.7 Å². The summed E-state index contributed by atoms with van der Waals surface area (Å²) in [4.78, 5) is 0. The molecule has 1 unspecified atom stereocenters. The van der Waals surface area contributed by atoms with E-state index in [0.717, 1.165) is 24.3 Å². The molecular weight excluding hydrogens is 685 g/mol. The van der Waals surface area contributed by atoms with Crippen LogP contribution in [0, 0.1) is 0 Å². The Morgan fingerprint density at radius 1 is 0.605 bits per heavy atom. The van der Waals surface area contributed by atoms with Crippen LogP contribution in [0.4, 0.5) is 57.1 Å². The zero-order chi connectivity index (χ0) is 29.4. The lowest BCUT2D eigenvalue weighted by atomic mass is 9.91. The molecule has 0 N–H and O–H groups in total. The maximum absolute atomic E-state index is 14.8. The zero-order valence-corrected chi connectivity index (χ0v) is 21.7. The molecule has 0 aliphatic heterocycles. The Balaban J connectivity index is 2.67. The van der Waals surface area contributed by atoms with Gasteiger partial charge in [0.25, 0.3) is 0 Å². The summed E-state index contributed by atoms with van der Waals surface area (Å²) in [5.74, 6) is -37.4. The lowest BCUT2D eigenvalue weighted by Gasteiger charge is -2.41. The fourth-order valence-corrected chi connectivity index (χ4v) is 8.23. The maximum Gasteiger partial charge on any atom is 0.460 e. The highest BCUT2D eigenvalue weighted by molar-refractivity contribution is 14.1.